The molecule has 2 aromatic heterocycles. The highest BCUT2D eigenvalue weighted by Gasteiger charge is 2.11. The first-order valence-electron chi connectivity index (χ1n) is 6.13. The average Bonchev–Trinajstić information content (AvgIpc) is 2.90. The summed E-state index contributed by atoms with van der Waals surface area (Å²) >= 11 is 0. The highest BCUT2D eigenvalue weighted by atomic mass is 16.6. The lowest BCUT2D eigenvalue weighted by Gasteiger charge is -2.04. The van der Waals surface area contributed by atoms with Crippen LogP contribution >= 0.6 is 0 Å². The fraction of sp³-hybridized carbons (Fsp3) is 0.500. The molecule has 7 nitrogen and oxygen atoms in total. The zero-order chi connectivity index (χ0) is 13.8. The lowest BCUT2D eigenvalue weighted by atomic mass is 10.1. The number of amides is 1. The van der Waals surface area contributed by atoms with Gasteiger partial charge in [0.2, 0.25) is 5.91 Å². The maximum absolute atomic E-state index is 11.7. The van der Waals surface area contributed by atoms with Gasteiger partial charge in [-0.15, -0.1) is 0 Å². The topological polar surface area (TPSA) is 96.7 Å². The molecular formula is C12H17N5O2. The predicted molar refractivity (Wildman–Crippen MR) is 67.5 cm³/mol. The van der Waals surface area contributed by atoms with E-state index in [2.05, 4.69) is 30.5 Å². The van der Waals surface area contributed by atoms with Crippen molar-refractivity contribution >= 4 is 5.91 Å². The molecule has 0 aliphatic rings. The van der Waals surface area contributed by atoms with E-state index >= 15 is 0 Å². The molecule has 7 heteroatoms. The number of hydrogen-bond acceptors (Lipinski definition) is 5. The van der Waals surface area contributed by atoms with E-state index in [9.17, 15) is 4.79 Å². The van der Waals surface area contributed by atoms with E-state index < -0.39 is 0 Å². The Labute approximate surface area is 110 Å². The molecule has 0 aliphatic carbocycles. The third kappa shape index (κ3) is 3.18. The molecule has 0 saturated heterocycles. The van der Waals surface area contributed by atoms with Gasteiger partial charge in [-0.3, -0.25) is 9.89 Å². The molecule has 0 fully saturated rings. The molecule has 0 radical (unpaired) electrons. The second-order valence-electron chi connectivity index (χ2n) is 4.49. The number of carbonyl (C=O) groups is 1. The molecule has 0 atom stereocenters. The molecule has 102 valence electrons. The summed E-state index contributed by atoms with van der Waals surface area (Å²) in [6, 6.07) is 0. The Morgan fingerprint density at radius 2 is 2.05 bits per heavy atom. The van der Waals surface area contributed by atoms with Gasteiger partial charge in [-0.2, -0.15) is 5.10 Å². The van der Waals surface area contributed by atoms with Gasteiger partial charge < -0.3 is 5.32 Å². The van der Waals surface area contributed by atoms with Crippen LogP contribution in [0.15, 0.2) is 4.63 Å². The number of H-pyrrole nitrogens is 1. The molecule has 0 aromatic carbocycles. The fourth-order valence-corrected chi connectivity index (χ4v) is 1.89. The van der Waals surface area contributed by atoms with Crippen molar-refractivity contribution in [3.05, 3.63) is 28.3 Å². The zero-order valence-corrected chi connectivity index (χ0v) is 11.3. The van der Waals surface area contributed by atoms with Crippen LogP contribution in [0, 0.1) is 20.8 Å². The third-order valence-corrected chi connectivity index (χ3v) is 3.05. The maximum atomic E-state index is 11.7. The molecule has 2 aromatic rings. The van der Waals surface area contributed by atoms with Crippen LogP contribution < -0.4 is 5.32 Å². The third-order valence-electron chi connectivity index (χ3n) is 3.05. The smallest absolute Gasteiger partial charge is 0.226 e. The van der Waals surface area contributed by atoms with Crippen molar-refractivity contribution in [3.63, 3.8) is 0 Å². The minimum absolute atomic E-state index is 0.0856. The van der Waals surface area contributed by atoms with Crippen molar-refractivity contribution in [1.29, 1.82) is 0 Å². The number of rotatable bonds is 5. The summed E-state index contributed by atoms with van der Waals surface area (Å²) in [5.74, 6) is -0.0856. The van der Waals surface area contributed by atoms with E-state index in [1.54, 1.807) is 6.92 Å². The second-order valence-corrected chi connectivity index (χ2v) is 4.49. The Morgan fingerprint density at radius 1 is 1.26 bits per heavy atom. The highest BCUT2D eigenvalue weighted by Crippen LogP contribution is 2.09. The number of nitrogens with zero attached hydrogens (tertiary/aromatic N) is 3. The van der Waals surface area contributed by atoms with E-state index in [1.165, 1.54) is 0 Å². The van der Waals surface area contributed by atoms with E-state index in [-0.39, 0.29) is 12.3 Å². The number of carbonyl (C=O) groups excluding carboxylic acids is 1. The zero-order valence-electron chi connectivity index (χ0n) is 11.3. The predicted octanol–water partition coefficient (Wildman–Crippen LogP) is 0.619. The van der Waals surface area contributed by atoms with Crippen LogP contribution in [0.25, 0.3) is 0 Å². The van der Waals surface area contributed by atoms with Gasteiger partial charge in [0, 0.05) is 12.2 Å². The number of aromatic nitrogens is 4. The van der Waals surface area contributed by atoms with Crippen molar-refractivity contribution < 1.29 is 9.42 Å². The van der Waals surface area contributed by atoms with E-state index in [4.69, 9.17) is 0 Å². The fourth-order valence-electron chi connectivity index (χ4n) is 1.89. The summed E-state index contributed by atoms with van der Waals surface area (Å²) in [6.07, 6.45) is 0.953. The van der Waals surface area contributed by atoms with Crippen LogP contribution in [0.4, 0.5) is 0 Å². The first-order chi connectivity index (χ1) is 9.08. The van der Waals surface area contributed by atoms with Gasteiger partial charge in [-0.05, 0) is 32.8 Å². The van der Waals surface area contributed by atoms with Crippen molar-refractivity contribution in [2.24, 2.45) is 0 Å². The second kappa shape index (κ2) is 5.64. The van der Waals surface area contributed by atoms with Crippen LogP contribution in [0.1, 0.15) is 28.3 Å². The minimum atomic E-state index is -0.0856. The summed E-state index contributed by atoms with van der Waals surface area (Å²) in [7, 11) is 0. The van der Waals surface area contributed by atoms with Gasteiger partial charge in [0.25, 0.3) is 0 Å². The van der Waals surface area contributed by atoms with Gasteiger partial charge in [0.05, 0.1) is 12.1 Å². The average molecular weight is 263 g/mol. The van der Waals surface area contributed by atoms with E-state index in [0.717, 1.165) is 23.4 Å². The molecule has 0 bridgehead atoms. The lowest BCUT2D eigenvalue weighted by molar-refractivity contribution is -0.120. The van der Waals surface area contributed by atoms with Gasteiger partial charge in [-0.25, -0.2) is 4.63 Å². The summed E-state index contributed by atoms with van der Waals surface area (Å²) in [5.41, 5.74) is 4.40. The van der Waals surface area contributed by atoms with Crippen molar-refractivity contribution in [2.75, 3.05) is 6.54 Å². The summed E-state index contributed by atoms with van der Waals surface area (Å²) < 4.78 is 4.55. The number of nitrogens with one attached hydrogen (secondary N) is 2. The molecular weight excluding hydrogens is 246 g/mol. The molecule has 0 saturated carbocycles. The van der Waals surface area contributed by atoms with Gasteiger partial charge in [-0.1, -0.05) is 10.3 Å². The molecule has 2 rings (SSSR count). The normalized spacial score (nSPS) is 10.7. The Kier molecular flexibility index (Phi) is 3.94. The molecule has 0 spiro atoms. The number of aryl methyl sites for hydroxylation is 3. The SMILES string of the molecule is Cc1nonc1CC(=O)NCCc1c(C)n[nH]c1C. The highest BCUT2D eigenvalue weighted by molar-refractivity contribution is 5.78. The first-order valence-corrected chi connectivity index (χ1v) is 6.13. The summed E-state index contributed by atoms with van der Waals surface area (Å²) in [4.78, 5) is 11.7. The van der Waals surface area contributed by atoms with Crippen molar-refractivity contribution in [2.45, 2.75) is 33.6 Å². The van der Waals surface area contributed by atoms with E-state index in [1.807, 2.05) is 13.8 Å². The van der Waals surface area contributed by atoms with Crippen molar-refractivity contribution in [1.82, 2.24) is 25.8 Å². The Morgan fingerprint density at radius 3 is 2.63 bits per heavy atom. The molecule has 2 N–H and O–H groups in total. The van der Waals surface area contributed by atoms with Gasteiger partial charge >= 0.3 is 0 Å². The number of aromatic amines is 1. The first kappa shape index (κ1) is 13.3. The quantitative estimate of drug-likeness (QED) is 0.824. The van der Waals surface area contributed by atoms with Crippen LogP contribution in [0.3, 0.4) is 0 Å². The molecule has 0 aliphatic heterocycles. The molecule has 19 heavy (non-hydrogen) atoms. The Balaban J connectivity index is 1.80. The Hall–Kier alpha value is -2.18. The largest absolute Gasteiger partial charge is 0.355 e. The summed E-state index contributed by atoms with van der Waals surface area (Å²) in [6.45, 7) is 6.26. The Bertz CT molecular complexity index is 553. The minimum Gasteiger partial charge on any atom is -0.355 e. The molecule has 0 unspecified atom stereocenters. The van der Waals surface area contributed by atoms with Crippen LogP contribution in [-0.4, -0.2) is 33.0 Å². The van der Waals surface area contributed by atoms with Crippen LogP contribution in [0.5, 0.6) is 0 Å². The number of hydrogen-bond donors (Lipinski definition) is 2. The van der Waals surface area contributed by atoms with Gasteiger partial charge in [0.15, 0.2) is 0 Å². The molecule has 2 heterocycles. The monoisotopic (exact) mass is 263 g/mol. The molecule has 1 amide bonds. The maximum Gasteiger partial charge on any atom is 0.226 e. The van der Waals surface area contributed by atoms with Crippen molar-refractivity contribution in [3.8, 4) is 0 Å². The van der Waals surface area contributed by atoms with Crippen LogP contribution in [-0.2, 0) is 17.6 Å². The summed E-state index contributed by atoms with van der Waals surface area (Å²) in [5, 5.41) is 17.2. The standard InChI is InChI=1S/C12H17N5O2/c1-7-10(8(2)15-14-7)4-5-13-12(18)6-11-9(3)16-19-17-11/h4-6H2,1-3H3,(H,13,18)(H,14,15). The van der Waals surface area contributed by atoms with Gasteiger partial charge in [0.1, 0.15) is 11.4 Å². The van der Waals surface area contributed by atoms with E-state index in [0.29, 0.717) is 17.9 Å². The lowest BCUT2D eigenvalue weighted by Crippen LogP contribution is -2.27. The van der Waals surface area contributed by atoms with Crippen LogP contribution in [0.2, 0.25) is 0 Å².